The maximum atomic E-state index is 11.7. The van der Waals surface area contributed by atoms with Crippen molar-refractivity contribution in [2.24, 2.45) is 0 Å². The molecule has 2 N–H and O–H groups in total. The number of pyridine rings is 1. The standard InChI is InChI=1S/C13H21N3O2/c1-9(2)15-12(18)8-16(4)13-11(10(3)17)6-5-7-14-13/h5-7,9-10,17H,8H2,1-4H3,(H,15,18)/t10-/m1/s1. The molecule has 0 aromatic carbocycles. The van der Waals surface area contributed by atoms with E-state index >= 15 is 0 Å². The molecule has 0 aliphatic heterocycles. The Bertz CT molecular complexity index is 405. The number of aliphatic hydroxyl groups excluding tert-OH is 1. The molecule has 1 heterocycles. The molecular formula is C13H21N3O2. The highest BCUT2D eigenvalue weighted by molar-refractivity contribution is 5.81. The summed E-state index contributed by atoms with van der Waals surface area (Å²) in [6, 6.07) is 3.70. The van der Waals surface area contributed by atoms with Crippen LogP contribution in [0, 0.1) is 0 Å². The van der Waals surface area contributed by atoms with Crippen LogP contribution in [-0.2, 0) is 4.79 Å². The van der Waals surface area contributed by atoms with E-state index in [-0.39, 0.29) is 18.5 Å². The molecule has 0 saturated heterocycles. The van der Waals surface area contributed by atoms with Crippen molar-refractivity contribution in [1.29, 1.82) is 0 Å². The Morgan fingerprint density at radius 2 is 2.17 bits per heavy atom. The van der Waals surface area contributed by atoms with E-state index in [0.717, 1.165) is 5.56 Å². The van der Waals surface area contributed by atoms with Crippen LogP contribution in [0.1, 0.15) is 32.4 Å². The summed E-state index contributed by atoms with van der Waals surface area (Å²) in [5.74, 6) is 0.570. The maximum Gasteiger partial charge on any atom is 0.239 e. The van der Waals surface area contributed by atoms with E-state index in [2.05, 4.69) is 10.3 Å². The van der Waals surface area contributed by atoms with E-state index in [1.165, 1.54) is 0 Å². The Kier molecular flexibility index (Phi) is 5.09. The molecular weight excluding hydrogens is 230 g/mol. The van der Waals surface area contributed by atoms with Gasteiger partial charge in [-0.1, -0.05) is 6.07 Å². The van der Waals surface area contributed by atoms with Crippen molar-refractivity contribution in [3.8, 4) is 0 Å². The minimum absolute atomic E-state index is 0.0605. The van der Waals surface area contributed by atoms with Crippen LogP contribution in [-0.4, -0.2) is 35.6 Å². The average molecular weight is 251 g/mol. The summed E-state index contributed by atoms with van der Waals surface area (Å²) in [6.45, 7) is 5.73. The van der Waals surface area contributed by atoms with Crippen molar-refractivity contribution in [3.05, 3.63) is 23.9 Å². The molecule has 0 bridgehead atoms. The largest absolute Gasteiger partial charge is 0.389 e. The molecule has 1 rings (SSSR count). The second-order valence-electron chi connectivity index (χ2n) is 4.67. The topological polar surface area (TPSA) is 65.5 Å². The van der Waals surface area contributed by atoms with Crippen molar-refractivity contribution in [3.63, 3.8) is 0 Å². The first-order chi connectivity index (χ1) is 8.41. The Morgan fingerprint density at radius 1 is 1.50 bits per heavy atom. The summed E-state index contributed by atoms with van der Waals surface area (Å²) >= 11 is 0. The highest BCUT2D eigenvalue weighted by Crippen LogP contribution is 2.22. The van der Waals surface area contributed by atoms with Crippen LogP contribution in [0.3, 0.4) is 0 Å². The van der Waals surface area contributed by atoms with Crippen molar-refractivity contribution < 1.29 is 9.90 Å². The molecule has 1 amide bonds. The summed E-state index contributed by atoms with van der Waals surface area (Å²) in [6.07, 6.45) is 1.04. The number of amides is 1. The number of aromatic nitrogens is 1. The molecule has 0 fully saturated rings. The summed E-state index contributed by atoms with van der Waals surface area (Å²) in [4.78, 5) is 17.6. The molecule has 5 nitrogen and oxygen atoms in total. The van der Waals surface area contributed by atoms with E-state index in [9.17, 15) is 9.90 Å². The van der Waals surface area contributed by atoms with Gasteiger partial charge in [-0.15, -0.1) is 0 Å². The van der Waals surface area contributed by atoms with Crippen LogP contribution < -0.4 is 10.2 Å². The van der Waals surface area contributed by atoms with Crippen LogP contribution in [0.4, 0.5) is 5.82 Å². The monoisotopic (exact) mass is 251 g/mol. The number of anilines is 1. The molecule has 18 heavy (non-hydrogen) atoms. The van der Waals surface area contributed by atoms with Gasteiger partial charge in [0.2, 0.25) is 5.91 Å². The number of aliphatic hydroxyl groups is 1. The Balaban J connectivity index is 2.78. The van der Waals surface area contributed by atoms with Gasteiger partial charge in [0.05, 0.1) is 12.6 Å². The van der Waals surface area contributed by atoms with E-state index in [4.69, 9.17) is 0 Å². The van der Waals surface area contributed by atoms with E-state index < -0.39 is 6.10 Å². The van der Waals surface area contributed by atoms with Gasteiger partial charge in [-0.05, 0) is 26.8 Å². The molecule has 1 aromatic rings. The van der Waals surface area contributed by atoms with Crippen molar-refractivity contribution in [2.75, 3.05) is 18.5 Å². The lowest BCUT2D eigenvalue weighted by atomic mass is 10.1. The number of carbonyl (C=O) groups excluding carboxylic acids is 1. The lowest BCUT2D eigenvalue weighted by Gasteiger charge is -2.22. The van der Waals surface area contributed by atoms with Crippen LogP contribution in [0.15, 0.2) is 18.3 Å². The summed E-state index contributed by atoms with van der Waals surface area (Å²) in [5.41, 5.74) is 0.720. The Labute approximate surface area is 108 Å². The number of hydrogen-bond donors (Lipinski definition) is 2. The molecule has 100 valence electrons. The average Bonchev–Trinajstić information content (AvgIpc) is 2.27. The summed E-state index contributed by atoms with van der Waals surface area (Å²) < 4.78 is 0. The number of carbonyl (C=O) groups is 1. The fourth-order valence-electron chi connectivity index (χ4n) is 1.71. The van der Waals surface area contributed by atoms with E-state index in [0.29, 0.717) is 5.82 Å². The van der Waals surface area contributed by atoms with E-state index in [1.807, 2.05) is 19.9 Å². The smallest absolute Gasteiger partial charge is 0.239 e. The Morgan fingerprint density at radius 3 is 2.72 bits per heavy atom. The molecule has 0 spiro atoms. The Hall–Kier alpha value is -1.62. The van der Waals surface area contributed by atoms with Crippen LogP contribution >= 0.6 is 0 Å². The highest BCUT2D eigenvalue weighted by atomic mass is 16.3. The second kappa shape index (κ2) is 6.35. The van der Waals surface area contributed by atoms with Gasteiger partial charge in [-0.25, -0.2) is 4.98 Å². The zero-order chi connectivity index (χ0) is 13.7. The summed E-state index contributed by atoms with van der Waals surface area (Å²) in [5, 5.41) is 12.5. The van der Waals surface area contributed by atoms with Gasteiger partial charge < -0.3 is 15.3 Å². The molecule has 0 radical (unpaired) electrons. The van der Waals surface area contributed by atoms with Crippen molar-refractivity contribution in [2.45, 2.75) is 32.9 Å². The van der Waals surface area contributed by atoms with Crippen molar-refractivity contribution >= 4 is 11.7 Å². The van der Waals surface area contributed by atoms with E-state index in [1.54, 1.807) is 31.1 Å². The third-order valence-corrected chi connectivity index (χ3v) is 2.46. The van der Waals surface area contributed by atoms with Gasteiger partial charge in [0.25, 0.3) is 0 Å². The minimum atomic E-state index is -0.607. The molecule has 0 saturated carbocycles. The zero-order valence-electron chi connectivity index (χ0n) is 11.3. The fraction of sp³-hybridized carbons (Fsp3) is 0.538. The predicted molar refractivity (Wildman–Crippen MR) is 71.4 cm³/mol. The van der Waals surface area contributed by atoms with Gasteiger partial charge in [-0.3, -0.25) is 4.79 Å². The molecule has 1 atom stereocenters. The number of hydrogen-bond acceptors (Lipinski definition) is 4. The van der Waals surface area contributed by atoms with Gasteiger partial charge in [0.15, 0.2) is 0 Å². The quantitative estimate of drug-likeness (QED) is 0.822. The van der Waals surface area contributed by atoms with Crippen LogP contribution in [0.25, 0.3) is 0 Å². The first kappa shape index (κ1) is 14.4. The third-order valence-electron chi connectivity index (χ3n) is 2.46. The van der Waals surface area contributed by atoms with Gasteiger partial charge in [-0.2, -0.15) is 0 Å². The van der Waals surface area contributed by atoms with Gasteiger partial charge in [0.1, 0.15) is 5.82 Å². The molecule has 5 heteroatoms. The van der Waals surface area contributed by atoms with Crippen LogP contribution in [0.5, 0.6) is 0 Å². The third kappa shape index (κ3) is 4.00. The summed E-state index contributed by atoms with van der Waals surface area (Å²) in [7, 11) is 1.79. The number of nitrogens with one attached hydrogen (secondary N) is 1. The molecule has 0 aliphatic carbocycles. The molecule has 0 unspecified atom stereocenters. The fourth-order valence-corrected chi connectivity index (χ4v) is 1.71. The van der Waals surface area contributed by atoms with Gasteiger partial charge in [0, 0.05) is 24.8 Å². The molecule has 0 aliphatic rings. The SMILES string of the molecule is CC(C)NC(=O)CN(C)c1ncccc1[C@@H](C)O. The number of rotatable bonds is 5. The lowest BCUT2D eigenvalue weighted by molar-refractivity contribution is -0.120. The number of likely N-dealkylation sites (N-methyl/N-ethyl adjacent to an activating group) is 1. The lowest BCUT2D eigenvalue weighted by Crippen LogP contribution is -2.39. The predicted octanol–water partition coefficient (Wildman–Crippen LogP) is 1.10. The number of nitrogens with zero attached hydrogens (tertiary/aromatic N) is 2. The first-order valence-corrected chi connectivity index (χ1v) is 6.05. The first-order valence-electron chi connectivity index (χ1n) is 6.05. The highest BCUT2D eigenvalue weighted by Gasteiger charge is 2.15. The molecule has 1 aromatic heterocycles. The normalized spacial score (nSPS) is 12.3. The van der Waals surface area contributed by atoms with Crippen LogP contribution in [0.2, 0.25) is 0 Å². The van der Waals surface area contributed by atoms with Crippen molar-refractivity contribution in [1.82, 2.24) is 10.3 Å². The second-order valence-corrected chi connectivity index (χ2v) is 4.67. The minimum Gasteiger partial charge on any atom is -0.389 e. The maximum absolute atomic E-state index is 11.7. The van der Waals surface area contributed by atoms with Gasteiger partial charge >= 0.3 is 0 Å². The zero-order valence-corrected chi connectivity index (χ0v) is 11.3.